The summed E-state index contributed by atoms with van der Waals surface area (Å²) in [6.45, 7) is 6.34. The van der Waals surface area contributed by atoms with Gasteiger partial charge in [0.1, 0.15) is 13.2 Å². The molecular formula is C60H96O6. The highest BCUT2D eigenvalue weighted by atomic mass is 16.6. The largest absolute Gasteiger partial charge is 0.462 e. The molecule has 372 valence electrons. The third kappa shape index (κ3) is 50.8. The maximum absolute atomic E-state index is 12.7. The van der Waals surface area contributed by atoms with E-state index in [9.17, 15) is 14.4 Å². The van der Waals surface area contributed by atoms with Crippen LogP contribution in [0.2, 0.25) is 0 Å². The van der Waals surface area contributed by atoms with E-state index in [2.05, 4.69) is 142 Å². The minimum Gasteiger partial charge on any atom is -0.462 e. The maximum Gasteiger partial charge on any atom is 0.306 e. The topological polar surface area (TPSA) is 78.9 Å². The van der Waals surface area contributed by atoms with E-state index in [1.54, 1.807) is 0 Å². The van der Waals surface area contributed by atoms with Crippen LogP contribution in [0, 0.1) is 0 Å². The molecule has 0 heterocycles. The Kier molecular flexibility index (Phi) is 50.0. The highest BCUT2D eigenvalue weighted by Crippen LogP contribution is 2.12. The van der Waals surface area contributed by atoms with Gasteiger partial charge in [-0.05, 0) is 109 Å². The summed E-state index contributed by atoms with van der Waals surface area (Å²) in [5.74, 6) is -0.958. The second kappa shape index (κ2) is 53.4. The van der Waals surface area contributed by atoms with Crippen LogP contribution in [0.15, 0.2) is 122 Å². The quantitative estimate of drug-likeness (QED) is 0.0262. The van der Waals surface area contributed by atoms with Crippen LogP contribution in [0.5, 0.6) is 0 Å². The number of hydrogen-bond acceptors (Lipinski definition) is 6. The van der Waals surface area contributed by atoms with Gasteiger partial charge in [0.05, 0.1) is 0 Å². The fourth-order valence-electron chi connectivity index (χ4n) is 6.71. The van der Waals surface area contributed by atoms with Crippen LogP contribution in [0.4, 0.5) is 0 Å². The van der Waals surface area contributed by atoms with Gasteiger partial charge in [-0.15, -0.1) is 0 Å². The van der Waals surface area contributed by atoms with E-state index in [4.69, 9.17) is 14.2 Å². The third-order valence-corrected chi connectivity index (χ3v) is 10.7. The van der Waals surface area contributed by atoms with E-state index in [0.717, 1.165) is 161 Å². The number of esters is 3. The highest BCUT2D eigenvalue weighted by Gasteiger charge is 2.19. The van der Waals surface area contributed by atoms with Crippen molar-refractivity contribution in [3.05, 3.63) is 122 Å². The summed E-state index contributed by atoms with van der Waals surface area (Å²) in [7, 11) is 0. The molecular weight excluding hydrogens is 817 g/mol. The molecule has 0 aliphatic carbocycles. The molecule has 0 aromatic heterocycles. The van der Waals surface area contributed by atoms with Crippen molar-refractivity contribution in [3.8, 4) is 0 Å². The van der Waals surface area contributed by atoms with Crippen molar-refractivity contribution < 1.29 is 28.6 Å². The fourth-order valence-corrected chi connectivity index (χ4v) is 6.71. The molecule has 0 rings (SSSR count). The number of ether oxygens (including phenoxy) is 3. The predicted octanol–water partition coefficient (Wildman–Crippen LogP) is 17.7. The van der Waals surface area contributed by atoms with Gasteiger partial charge in [0.25, 0.3) is 0 Å². The smallest absolute Gasteiger partial charge is 0.306 e. The van der Waals surface area contributed by atoms with E-state index < -0.39 is 6.10 Å². The number of hydrogen-bond donors (Lipinski definition) is 0. The van der Waals surface area contributed by atoms with Gasteiger partial charge in [-0.2, -0.15) is 0 Å². The first kappa shape index (κ1) is 61.8. The molecule has 0 aromatic carbocycles. The average molecular weight is 913 g/mol. The second-order valence-corrected chi connectivity index (χ2v) is 17.1. The molecule has 1 unspecified atom stereocenters. The van der Waals surface area contributed by atoms with Gasteiger partial charge in [-0.25, -0.2) is 0 Å². The Balaban J connectivity index is 4.20. The molecule has 0 radical (unpaired) electrons. The molecule has 0 fully saturated rings. The van der Waals surface area contributed by atoms with Crippen LogP contribution in [-0.4, -0.2) is 37.2 Å². The normalized spacial score (nSPS) is 13.1. The van der Waals surface area contributed by atoms with E-state index in [-0.39, 0.29) is 31.1 Å². The number of carbonyl (C=O) groups is 3. The summed E-state index contributed by atoms with van der Waals surface area (Å²) in [6.07, 6.45) is 73.7. The predicted molar refractivity (Wildman–Crippen MR) is 283 cm³/mol. The molecule has 0 bridgehead atoms. The summed E-state index contributed by atoms with van der Waals surface area (Å²) >= 11 is 0. The Morgan fingerprint density at radius 1 is 0.318 bits per heavy atom. The Hall–Kier alpha value is -4.19. The van der Waals surface area contributed by atoms with E-state index in [1.807, 2.05) is 0 Å². The maximum atomic E-state index is 12.7. The molecule has 0 aliphatic heterocycles. The molecule has 6 heteroatoms. The van der Waals surface area contributed by atoms with Crippen molar-refractivity contribution in [3.63, 3.8) is 0 Å². The highest BCUT2D eigenvalue weighted by molar-refractivity contribution is 5.71. The molecule has 0 spiro atoms. The number of rotatable bonds is 46. The fraction of sp³-hybridized carbons (Fsp3) is 0.617. The molecule has 0 aliphatic rings. The minimum absolute atomic E-state index is 0.0956. The van der Waals surface area contributed by atoms with Crippen LogP contribution in [0.3, 0.4) is 0 Å². The monoisotopic (exact) mass is 913 g/mol. The van der Waals surface area contributed by atoms with Crippen molar-refractivity contribution in [2.45, 2.75) is 226 Å². The van der Waals surface area contributed by atoms with Crippen molar-refractivity contribution >= 4 is 17.9 Å². The van der Waals surface area contributed by atoms with Crippen molar-refractivity contribution in [2.75, 3.05) is 13.2 Å². The first-order valence-corrected chi connectivity index (χ1v) is 26.5. The zero-order valence-corrected chi connectivity index (χ0v) is 42.4. The average Bonchev–Trinajstić information content (AvgIpc) is 3.31. The summed E-state index contributed by atoms with van der Waals surface area (Å²) in [5.41, 5.74) is 0. The van der Waals surface area contributed by atoms with Crippen molar-refractivity contribution in [2.24, 2.45) is 0 Å². The molecule has 0 saturated heterocycles. The van der Waals surface area contributed by atoms with Gasteiger partial charge in [-0.3, -0.25) is 14.4 Å². The minimum atomic E-state index is -0.794. The molecule has 0 N–H and O–H groups in total. The Morgan fingerprint density at radius 2 is 0.606 bits per heavy atom. The summed E-state index contributed by atoms with van der Waals surface area (Å²) in [6, 6.07) is 0. The van der Waals surface area contributed by atoms with Gasteiger partial charge >= 0.3 is 17.9 Å². The molecule has 0 aromatic rings. The van der Waals surface area contributed by atoms with Crippen LogP contribution < -0.4 is 0 Å². The molecule has 1 atom stereocenters. The Labute approximate surface area is 405 Å². The molecule has 0 saturated carbocycles. The Morgan fingerprint density at radius 3 is 0.970 bits per heavy atom. The Bertz CT molecular complexity index is 1420. The first-order chi connectivity index (χ1) is 32.5. The number of unbranched alkanes of at least 4 members (excludes halogenated alkanes) is 15. The lowest BCUT2D eigenvalue weighted by atomic mass is 10.1. The number of carbonyl (C=O) groups excluding carboxylic acids is 3. The van der Waals surface area contributed by atoms with Gasteiger partial charge in [-0.1, -0.05) is 213 Å². The number of allylic oxidation sites excluding steroid dienone is 20. The lowest BCUT2D eigenvalue weighted by molar-refractivity contribution is -0.167. The standard InChI is InChI=1S/C60H96O6/c1-4-7-10-13-15-17-19-21-23-24-25-26-27-28-29-30-31-32-33-34-35-36-37-39-40-42-44-47-50-53-59(62)65-56-57(55-64-58(61)52-49-46-12-9-6-3)66-60(63)54-51-48-45-43-41-38-22-20-18-16-14-11-8-5-2/h7,10,14-17,20-23,25-26,28-29,31-32,34-35,37,39,57H,4-6,8-9,11-13,18-19,24,27,30,33,36,38,40-56H2,1-3H3/b10-7-,16-14-,17-15-,22-20-,23-21-,26-25-,29-28-,32-31-,35-34-,39-37-. The van der Waals surface area contributed by atoms with Crippen LogP contribution in [0.25, 0.3) is 0 Å². The first-order valence-electron chi connectivity index (χ1n) is 26.5. The van der Waals surface area contributed by atoms with E-state index >= 15 is 0 Å². The van der Waals surface area contributed by atoms with Crippen LogP contribution in [-0.2, 0) is 28.6 Å². The van der Waals surface area contributed by atoms with Gasteiger partial charge in [0.2, 0.25) is 0 Å². The van der Waals surface area contributed by atoms with Crippen molar-refractivity contribution in [1.29, 1.82) is 0 Å². The van der Waals surface area contributed by atoms with Gasteiger partial charge < -0.3 is 14.2 Å². The summed E-state index contributed by atoms with van der Waals surface area (Å²) in [5, 5.41) is 0. The van der Waals surface area contributed by atoms with Gasteiger partial charge in [0, 0.05) is 19.3 Å². The van der Waals surface area contributed by atoms with Crippen LogP contribution in [0.1, 0.15) is 220 Å². The van der Waals surface area contributed by atoms with E-state index in [1.165, 1.54) is 19.3 Å². The van der Waals surface area contributed by atoms with E-state index in [0.29, 0.717) is 19.3 Å². The SMILES string of the molecule is CC/C=C\C/C=C\C/C=C\C/C=C\C/C=C\C/C=C\C/C=C\C/C=C\CCCCCCC(=O)OCC(COC(=O)CCCCCCC)OC(=O)CCCCCCC/C=C\C/C=C\CCCC. The zero-order valence-electron chi connectivity index (χ0n) is 42.4. The molecule has 0 amide bonds. The molecule has 6 nitrogen and oxygen atoms in total. The second-order valence-electron chi connectivity index (χ2n) is 17.1. The summed E-state index contributed by atoms with van der Waals surface area (Å²) < 4.78 is 16.6. The lowest BCUT2D eigenvalue weighted by Crippen LogP contribution is -2.30. The van der Waals surface area contributed by atoms with Crippen LogP contribution >= 0.6 is 0 Å². The third-order valence-electron chi connectivity index (χ3n) is 10.7. The van der Waals surface area contributed by atoms with Crippen molar-refractivity contribution in [1.82, 2.24) is 0 Å². The van der Waals surface area contributed by atoms with Gasteiger partial charge in [0.15, 0.2) is 6.10 Å². The molecule has 66 heavy (non-hydrogen) atoms. The summed E-state index contributed by atoms with van der Waals surface area (Å²) in [4.78, 5) is 37.6. The lowest BCUT2D eigenvalue weighted by Gasteiger charge is -2.18. The zero-order chi connectivity index (χ0) is 47.9.